The fraction of sp³-hybridized carbons (Fsp3) is 0.263. The average molecular weight is 324 g/mol. The van der Waals surface area contributed by atoms with Crippen molar-refractivity contribution in [3.8, 4) is 5.75 Å². The Hall–Kier alpha value is -2.82. The van der Waals surface area contributed by atoms with Gasteiger partial charge in [0.25, 0.3) is 0 Å². The lowest BCUT2D eigenvalue weighted by molar-refractivity contribution is -0.144. The van der Waals surface area contributed by atoms with Crippen molar-refractivity contribution in [2.45, 2.75) is 19.0 Å². The van der Waals surface area contributed by atoms with Crippen molar-refractivity contribution in [2.75, 3.05) is 13.7 Å². The van der Waals surface area contributed by atoms with Gasteiger partial charge in [-0.25, -0.2) is 0 Å². The van der Waals surface area contributed by atoms with Crippen LogP contribution in [0.1, 0.15) is 11.1 Å². The minimum absolute atomic E-state index is 0.0470. The molecule has 2 aromatic carbocycles. The molecule has 0 spiro atoms. The second-order valence-corrected chi connectivity index (χ2v) is 5.85. The fourth-order valence-electron chi connectivity index (χ4n) is 2.85. The second kappa shape index (κ2) is 7.17. The van der Waals surface area contributed by atoms with Crippen molar-refractivity contribution in [3.63, 3.8) is 0 Å². The number of nitrogens with one attached hydrogen (secondary N) is 1. The highest BCUT2D eigenvalue weighted by Crippen LogP contribution is 2.16. The third kappa shape index (κ3) is 3.74. The summed E-state index contributed by atoms with van der Waals surface area (Å²) in [5.41, 5.74) is 2.00. The monoisotopic (exact) mass is 324 g/mol. The molecule has 1 heterocycles. The van der Waals surface area contributed by atoms with Crippen LogP contribution >= 0.6 is 0 Å². The van der Waals surface area contributed by atoms with Gasteiger partial charge in [0.2, 0.25) is 11.8 Å². The zero-order chi connectivity index (χ0) is 16.9. The van der Waals surface area contributed by atoms with Crippen molar-refractivity contribution in [1.29, 1.82) is 0 Å². The van der Waals surface area contributed by atoms with Gasteiger partial charge in [-0.3, -0.25) is 9.59 Å². The van der Waals surface area contributed by atoms with Crippen LogP contribution in [0.15, 0.2) is 54.6 Å². The van der Waals surface area contributed by atoms with Gasteiger partial charge >= 0.3 is 0 Å². The number of carbonyl (C=O) groups is 2. The van der Waals surface area contributed by atoms with Crippen LogP contribution in [0.2, 0.25) is 0 Å². The van der Waals surface area contributed by atoms with E-state index in [0.29, 0.717) is 13.0 Å². The van der Waals surface area contributed by atoms with Gasteiger partial charge in [0, 0.05) is 13.0 Å². The third-order valence-corrected chi connectivity index (χ3v) is 4.09. The van der Waals surface area contributed by atoms with Crippen LogP contribution in [-0.2, 0) is 22.6 Å². The number of piperazine rings is 1. The van der Waals surface area contributed by atoms with Gasteiger partial charge < -0.3 is 15.0 Å². The van der Waals surface area contributed by atoms with E-state index in [4.69, 9.17) is 4.74 Å². The van der Waals surface area contributed by atoms with Gasteiger partial charge in [-0.15, -0.1) is 0 Å². The second-order valence-electron chi connectivity index (χ2n) is 5.85. The highest BCUT2D eigenvalue weighted by atomic mass is 16.5. The molecule has 1 saturated heterocycles. The minimum atomic E-state index is -0.525. The quantitative estimate of drug-likeness (QED) is 0.912. The van der Waals surface area contributed by atoms with Crippen LogP contribution in [0.25, 0.3) is 0 Å². The Kier molecular flexibility index (Phi) is 4.79. The van der Waals surface area contributed by atoms with E-state index in [-0.39, 0.29) is 18.4 Å². The van der Waals surface area contributed by atoms with Crippen molar-refractivity contribution in [3.05, 3.63) is 65.7 Å². The van der Waals surface area contributed by atoms with Crippen LogP contribution in [0.3, 0.4) is 0 Å². The number of ether oxygens (including phenoxy) is 1. The Morgan fingerprint density at radius 3 is 2.42 bits per heavy atom. The lowest BCUT2D eigenvalue weighted by atomic mass is 10.0. The Morgan fingerprint density at radius 1 is 1.04 bits per heavy atom. The molecular weight excluding hydrogens is 304 g/mol. The van der Waals surface area contributed by atoms with Gasteiger partial charge in [-0.2, -0.15) is 0 Å². The maximum atomic E-state index is 12.7. The van der Waals surface area contributed by atoms with Gasteiger partial charge in [0.05, 0.1) is 13.7 Å². The van der Waals surface area contributed by atoms with E-state index in [9.17, 15) is 9.59 Å². The summed E-state index contributed by atoms with van der Waals surface area (Å²) in [5, 5.41) is 2.80. The maximum Gasteiger partial charge on any atom is 0.246 e. The molecule has 0 saturated carbocycles. The molecule has 1 aliphatic heterocycles. The number of benzene rings is 2. The molecule has 0 aliphatic carbocycles. The van der Waals surface area contributed by atoms with Crippen LogP contribution < -0.4 is 10.1 Å². The first kappa shape index (κ1) is 16.1. The summed E-state index contributed by atoms with van der Waals surface area (Å²) in [6, 6.07) is 16.7. The number of carbonyl (C=O) groups excluding carboxylic acids is 2. The van der Waals surface area contributed by atoms with Gasteiger partial charge in [0.1, 0.15) is 11.8 Å². The Balaban J connectivity index is 1.70. The van der Waals surface area contributed by atoms with E-state index >= 15 is 0 Å². The zero-order valence-electron chi connectivity index (χ0n) is 13.6. The first-order chi connectivity index (χ1) is 11.7. The van der Waals surface area contributed by atoms with Gasteiger partial charge in [-0.1, -0.05) is 42.5 Å². The standard InChI is InChI=1S/C19H20N2O3/c1-24-16-9-7-14(8-10-16)11-17-19(23)21(13-18(22)20-17)12-15-5-3-2-4-6-15/h2-10,17H,11-13H2,1H3,(H,20,22)/t17-/m0/s1. The van der Waals surface area contributed by atoms with Crippen molar-refractivity contribution in [1.82, 2.24) is 10.2 Å². The molecule has 2 aromatic rings. The van der Waals surface area contributed by atoms with E-state index < -0.39 is 6.04 Å². The SMILES string of the molecule is COc1ccc(C[C@@H]2NC(=O)CN(Cc3ccccc3)C2=O)cc1. The molecule has 0 radical (unpaired) electrons. The summed E-state index contributed by atoms with van der Waals surface area (Å²) in [7, 11) is 1.61. The average Bonchev–Trinajstić information content (AvgIpc) is 2.60. The van der Waals surface area contributed by atoms with Crippen molar-refractivity contribution < 1.29 is 14.3 Å². The molecule has 0 unspecified atom stereocenters. The molecular formula is C19H20N2O3. The number of hydrogen-bond acceptors (Lipinski definition) is 3. The number of amides is 2. The zero-order valence-corrected chi connectivity index (χ0v) is 13.6. The fourth-order valence-corrected chi connectivity index (χ4v) is 2.85. The molecule has 5 heteroatoms. The van der Waals surface area contributed by atoms with E-state index in [1.807, 2.05) is 54.6 Å². The highest BCUT2D eigenvalue weighted by Gasteiger charge is 2.32. The molecule has 24 heavy (non-hydrogen) atoms. The van der Waals surface area contributed by atoms with Gasteiger partial charge in [0.15, 0.2) is 0 Å². The van der Waals surface area contributed by atoms with Crippen molar-refractivity contribution in [2.24, 2.45) is 0 Å². The molecule has 5 nitrogen and oxygen atoms in total. The van der Waals surface area contributed by atoms with E-state index in [0.717, 1.165) is 16.9 Å². The first-order valence-electron chi connectivity index (χ1n) is 7.90. The first-order valence-corrected chi connectivity index (χ1v) is 7.90. The smallest absolute Gasteiger partial charge is 0.246 e. The molecule has 2 amide bonds. The predicted octanol–water partition coefficient (Wildman–Crippen LogP) is 1.76. The Labute approximate surface area is 141 Å². The van der Waals surface area contributed by atoms with E-state index in [2.05, 4.69) is 5.32 Å². The molecule has 0 bridgehead atoms. The summed E-state index contributed by atoms with van der Waals surface area (Å²) >= 11 is 0. The summed E-state index contributed by atoms with van der Waals surface area (Å²) in [4.78, 5) is 26.3. The lowest BCUT2D eigenvalue weighted by Gasteiger charge is -2.32. The van der Waals surface area contributed by atoms with E-state index in [1.165, 1.54) is 0 Å². The highest BCUT2D eigenvalue weighted by molar-refractivity contribution is 5.95. The molecule has 1 N–H and O–H groups in total. The number of rotatable bonds is 5. The van der Waals surface area contributed by atoms with E-state index in [1.54, 1.807) is 12.0 Å². The minimum Gasteiger partial charge on any atom is -0.497 e. The molecule has 1 atom stereocenters. The summed E-state index contributed by atoms with van der Waals surface area (Å²) in [6.07, 6.45) is 0.472. The summed E-state index contributed by atoms with van der Waals surface area (Å²) in [6.45, 7) is 0.555. The molecule has 124 valence electrons. The Bertz CT molecular complexity index is 713. The van der Waals surface area contributed by atoms with Crippen LogP contribution in [0, 0.1) is 0 Å². The number of methoxy groups -OCH3 is 1. The maximum absolute atomic E-state index is 12.7. The Morgan fingerprint density at radius 2 is 1.75 bits per heavy atom. The number of hydrogen-bond donors (Lipinski definition) is 1. The molecule has 0 aromatic heterocycles. The summed E-state index contributed by atoms with van der Waals surface area (Å²) < 4.78 is 5.14. The van der Waals surface area contributed by atoms with Crippen LogP contribution in [0.5, 0.6) is 5.75 Å². The normalized spacial score (nSPS) is 17.5. The largest absolute Gasteiger partial charge is 0.497 e. The number of nitrogens with zero attached hydrogens (tertiary/aromatic N) is 1. The lowest BCUT2D eigenvalue weighted by Crippen LogP contribution is -2.58. The van der Waals surface area contributed by atoms with Crippen LogP contribution in [-0.4, -0.2) is 36.4 Å². The van der Waals surface area contributed by atoms with Crippen LogP contribution in [0.4, 0.5) is 0 Å². The topological polar surface area (TPSA) is 58.6 Å². The van der Waals surface area contributed by atoms with Gasteiger partial charge in [-0.05, 0) is 23.3 Å². The summed E-state index contributed by atoms with van der Waals surface area (Å²) in [5.74, 6) is 0.599. The third-order valence-electron chi connectivity index (χ3n) is 4.09. The predicted molar refractivity (Wildman–Crippen MR) is 90.5 cm³/mol. The van der Waals surface area contributed by atoms with Crippen molar-refractivity contribution >= 4 is 11.8 Å². The molecule has 3 rings (SSSR count). The molecule has 1 fully saturated rings. The molecule has 1 aliphatic rings.